The summed E-state index contributed by atoms with van der Waals surface area (Å²) in [5, 5.41) is 14.0. The molecule has 7 nitrogen and oxygen atoms in total. The van der Waals surface area contributed by atoms with Crippen molar-refractivity contribution in [2.75, 3.05) is 31.4 Å². The van der Waals surface area contributed by atoms with Crippen LogP contribution in [0.3, 0.4) is 0 Å². The van der Waals surface area contributed by atoms with Gasteiger partial charge in [-0.05, 0) is 46.6 Å². The number of nitrogens with zero attached hydrogens (tertiary/aromatic N) is 4. The summed E-state index contributed by atoms with van der Waals surface area (Å²) in [6.45, 7) is 5.71. The Morgan fingerprint density at radius 3 is 2.50 bits per heavy atom. The molecule has 0 bridgehead atoms. The molecule has 0 unspecified atom stereocenters. The summed E-state index contributed by atoms with van der Waals surface area (Å²) in [7, 11) is 5.16. The number of carbonyl (C=O) groups excluding carboxylic acids is 1. The summed E-state index contributed by atoms with van der Waals surface area (Å²) >= 11 is 4.60. The normalized spacial score (nSPS) is 10.6. The van der Waals surface area contributed by atoms with E-state index in [1.807, 2.05) is 36.2 Å². The number of aromatic hydroxyl groups is 1. The van der Waals surface area contributed by atoms with Crippen LogP contribution in [-0.2, 0) is 0 Å². The summed E-state index contributed by atoms with van der Waals surface area (Å²) in [6.07, 6.45) is 0. The van der Waals surface area contributed by atoms with E-state index in [0.29, 0.717) is 28.5 Å². The zero-order valence-electron chi connectivity index (χ0n) is 17.1. The van der Waals surface area contributed by atoms with Crippen molar-refractivity contribution < 1.29 is 9.90 Å². The van der Waals surface area contributed by atoms with Gasteiger partial charge in [0.25, 0.3) is 5.91 Å². The van der Waals surface area contributed by atoms with E-state index in [0.717, 1.165) is 21.9 Å². The first-order valence-corrected chi connectivity index (χ1v) is 10.6. The molecule has 0 aliphatic heterocycles. The molecular weight excluding hydrogens is 466 g/mol. The number of nitrogens with one attached hydrogen (secondary N) is 1. The lowest BCUT2D eigenvalue weighted by Crippen LogP contribution is -2.23. The number of carbonyl (C=O) groups is 1. The monoisotopic (exact) mass is 487 g/mol. The predicted molar refractivity (Wildman–Crippen MR) is 126 cm³/mol. The van der Waals surface area contributed by atoms with Crippen molar-refractivity contribution in [3.05, 3.63) is 58.6 Å². The summed E-state index contributed by atoms with van der Waals surface area (Å²) in [6, 6.07) is 11.2. The van der Waals surface area contributed by atoms with Crippen LogP contribution in [0.15, 0.2) is 47.4 Å². The summed E-state index contributed by atoms with van der Waals surface area (Å²) in [5.74, 6) is 0.600. The summed E-state index contributed by atoms with van der Waals surface area (Å²) in [5.41, 5.74) is 2.75. The molecule has 156 valence electrons. The molecule has 0 saturated heterocycles. The van der Waals surface area contributed by atoms with Gasteiger partial charge in [-0.15, -0.1) is 0 Å². The third kappa shape index (κ3) is 4.17. The van der Waals surface area contributed by atoms with Crippen LogP contribution in [0.5, 0.6) is 5.75 Å². The van der Waals surface area contributed by atoms with Crippen LogP contribution in [0.1, 0.15) is 22.8 Å². The maximum absolute atomic E-state index is 12.7. The molecule has 0 aliphatic carbocycles. The largest absolute Gasteiger partial charge is 0.505 e. The average Bonchev–Trinajstić information content (AvgIpc) is 3.16. The Kier molecular flexibility index (Phi) is 6.42. The predicted octanol–water partition coefficient (Wildman–Crippen LogP) is 5.25. The number of anilines is 4. The highest BCUT2D eigenvalue weighted by Crippen LogP contribution is 2.39. The number of allylic oxidation sites excluding steroid dienone is 1. The molecule has 3 rings (SSSR count). The molecular formula is C21H22BrN5O2S. The van der Waals surface area contributed by atoms with E-state index in [4.69, 9.17) is 0 Å². The van der Waals surface area contributed by atoms with E-state index < -0.39 is 0 Å². The minimum atomic E-state index is -0.309. The van der Waals surface area contributed by atoms with Crippen LogP contribution in [0.4, 0.5) is 23.0 Å². The number of benzene rings is 2. The minimum Gasteiger partial charge on any atom is -0.505 e. The zero-order chi connectivity index (χ0) is 22.0. The molecule has 0 radical (unpaired) electrons. The first-order chi connectivity index (χ1) is 14.2. The Hall–Kier alpha value is -2.91. The Bertz CT molecular complexity index is 1110. The molecule has 0 fully saturated rings. The Morgan fingerprint density at radius 2 is 1.87 bits per heavy atom. The van der Waals surface area contributed by atoms with E-state index >= 15 is 0 Å². The maximum Gasteiger partial charge on any atom is 0.257 e. The molecule has 1 heterocycles. The number of phenolic OH excluding ortho intramolecular Hbond substituents is 1. The van der Waals surface area contributed by atoms with Crippen molar-refractivity contribution in [1.82, 2.24) is 13.6 Å². The van der Waals surface area contributed by atoms with Crippen molar-refractivity contribution in [3.63, 3.8) is 0 Å². The third-order valence-corrected chi connectivity index (χ3v) is 5.70. The highest BCUT2D eigenvalue weighted by molar-refractivity contribution is 9.10. The quantitative estimate of drug-likeness (QED) is 0.461. The molecule has 30 heavy (non-hydrogen) atoms. The number of amides is 1. The standard InChI is InChI=1S/C21H22BrN5O2S/c1-12(2)13-10-11-15(18(28)17(13)21(29)26(3)4)23-19-20(25-30-24-19)27(5)16-9-7-6-8-14(16)22/h6-11,28H,1H2,2-5H3,(H,23,24). The second-order valence-electron chi connectivity index (χ2n) is 6.94. The topological polar surface area (TPSA) is 81.6 Å². The van der Waals surface area contributed by atoms with Crippen molar-refractivity contribution in [2.24, 2.45) is 0 Å². The van der Waals surface area contributed by atoms with Gasteiger partial charge in [-0.1, -0.05) is 30.4 Å². The summed E-state index contributed by atoms with van der Waals surface area (Å²) < 4.78 is 9.64. The van der Waals surface area contributed by atoms with E-state index in [-0.39, 0.29) is 17.2 Å². The Labute approximate surface area is 188 Å². The molecule has 9 heteroatoms. The van der Waals surface area contributed by atoms with E-state index in [2.05, 4.69) is 36.6 Å². The molecule has 2 aromatic carbocycles. The fourth-order valence-corrected chi connectivity index (χ4v) is 4.02. The number of hydrogen-bond donors (Lipinski definition) is 2. The molecule has 0 atom stereocenters. The third-order valence-electron chi connectivity index (χ3n) is 4.51. The lowest BCUT2D eigenvalue weighted by Gasteiger charge is -2.20. The molecule has 0 aliphatic rings. The maximum atomic E-state index is 12.7. The van der Waals surface area contributed by atoms with Gasteiger partial charge in [-0.3, -0.25) is 4.79 Å². The van der Waals surface area contributed by atoms with Gasteiger partial charge in [0, 0.05) is 25.6 Å². The van der Waals surface area contributed by atoms with Gasteiger partial charge < -0.3 is 20.2 Å². The number of hydrogen-bond acceptors (Lipinski definition) is 7. The molecule has 3 aromatic rings. The summed E-state index contributed by atoms with van der Waals surface area (Å²) in [4.78, 5) is 16.0. The van der Waals surface area contributed by atoms with E-state index in [1.165, 1.54) is 4.90 Å². The van der Waals surface area contributed by atoms with Crippen molar-refractivity contribution in [3.8, 4) is 5.75 Å². The second-order valence-corrected chi connectivity index (χ2v) is 8.32. The van der Waals surface area contributed by atoms with Crippen LogP contribution in [0.25, 0.3) is 5.57 Å². The lowest BCUT2D eigenvalue weighted by atomic mass is 9.98. The number of phenols is 1. The highest BCUT2D eigenvalue weighted by atomic mass is 79.9. The molecule has 1 amide bonds. The van der Waals surface area contributed by atoms with Gasteiger partial charge in [0.05, 0.1) is 28.7 Å². The second kappa shape index (κ2) is 8.85. The first kappa shape index (κ1) is 21.8. The van der Waals surface area contributed by atoms with Crippen molar-refractivity contribution in [1.29, 1.82) is 0 Å². The van der Waals surface area contributed by atoms with Crippen LogP contribution in [0, 0.1) is 0 Å². The lowest BCUT2D eigenvalue weighted by molar-refractivity contribution is 0.0824. The Morgan fingerprint density at radius 1 is 1.17 bits per heavy atom. The van der Waals surface area contributed by atoms with Gasteiger partial charge in [0.1, 0.15) is 0 Å². The van der Waals surface area contributed by atoms with Gasteiger partial charge in [-0.25, -0.2) is 0 Å². The number of rotatable bonds is 6. The SMILES string of the molecule is C=C(C)c1ccc(Nc2nsnc2N(C)c2ccccc2Br)c(O)c1C(=O)N(C)C. The van der Waals surface area contributed by atoms with Crippen molar-refractivity contribution in [2.45, 2.75) is 6.92 Å². The van der Waals surface area contributed by atoms with Crippen molar-refractivity contribution >= 4 is 62.1 Å². The van der Waals surface area contributed by atoms with E-state index in [1.54, 1.807) is 33.2 Å². The van der Waals surface area contributed by atoms with Crippen LogP contribution in [-0.4, -0.2) is 45.8 Å². The van der Waals surface area contributed by atoms with Gasteiger partial charge >= 0.3 is 0 Å². The molecule has 0 spiro atoms. The van der Waals surface area contributed by atoms with Gasteiger partial charge in [-0.2, -0.15) is 8.75 Å². The molecule has 2 N–H and O–H groups in total. The van der Waals surface area contributed by atoms with Crippen LogP contribution >= 0.6 is 27.7 Å². The number of aromatic nitrogens is 2. The minimum absolute atomic E-state index is 0.156. The molecule has 1 aromatic heterocycles. The average molecular weight is 488 g/mol. The highest BCUT2D eigenvalue weighted by Gasteiger charge is 2.23. The fourth-order valence-electron chi connectivity index (χ4n) is 2.94. The number of para-hydroxylation sites is 1. The molecule has 0 saturated carbocycles. The number of halogens is 1. The van der Waals surface area contributed by atoms with Crippen LogP contribution in [0.2, 0.25) is 0 Å². The fraction of sp³-hybridized carbons (Fsp3) is 0.190. The van der Waals surface area contributed by atoms with Gasteiger partial charge in [0.2, 0.25) is 0 Å². The zero-order valence-corrected chi connectivity index (χ0v) is 19.5. The van der Waals surface area contributed by atoms with Gasteiger partial charge in [0.15, 0.2) is 17.4 Å². The smallest absolute Gasteiger partial charge is 0.257 e. The Balaban J connectivity index is 2.02. The van der Waals surface area contributed by atoms with Crippen LogP contribution < -0.4 is 10.2 Å². The first-order valence-electron chi connectivity index (χ1n) is 9.03. The van der Waals surface area contributed by atoms with E-state index in [9.17, 15) is 9.90 Å².